The summed E-state index contributed by atoms with van der Waals surface area (Å²) in [5.74, 6) is -0.471. The van der Waals surface area contributed by atoms with Gasteiger partial charge < -0.3 is 19.3 Å². The number of hydrogen-bond acceptors (Lipinski definition) is 5. The van der Waals surface area contributed by atoms with Gasteiger partial charge in [-0.1, -0.05) is 6.58 Å². The van der Waals surface area contributed by atoms with Gasteiger partial charge in [0.05, 0.1) is 0 Å². The van der Waals surface area contributed by atoms with Gasteiger partial charge in [0.1, 0.15) is 12.7 Å². The minimum absolute atomic E-state index is 0.0183. The van der Waals surface area contributed by atoms with Crippen LogP contribution in [0.4, 0.5) is 0 Å². The fourth-order valence-corrected chi connectivity index (χ4v) is 9.42. The maximum absolute atomic E-state index is 11.2. The molecule has 0 aliphatic rings. The molecule has 0 saturated heterocycles. The fourth-order valence-electron chi connectivity index (χ4n) is 1.76. The molecule has 1 atom stereocenters. The van der Waals surface area contributed by atoms with Crippen LogP contribution in [0, 0.1) is 0 Å². The molecule has 0 amide bonds. The van der Waals surface area contributed by atoms with Crippen molar-refractivity contribution in [3.05, 3.63) is 12.2 Å². The van der Waals surface area contributed by atoms with E-state index >= 15 is 0 Å². The topological polar surface area (TPSA) is 67.8 Å². The van der Waals surface area contributed by atoms with Crippen molar-refractivity contribution >= 4 is 22.6 Å². The van der Waals surface area contributed by atoms with E-state index in [9.17, 15) is 9.90 Å². The van der Waals surface area contributed by atoms with Crippen molar-refractivity contribution in [3.63, 3.8) is 0 Å². The zero-order chi connectivity index (χ0) is 16.0. The van der Waals surface area contributed by atoms with Crippen LogP contribution in [0.1, 0.15) is 6.92 Å². The SMILES string of the molecule is C=C(C)C(=O)OCC(O)CNC[Si](C)(C)O[Si](C)(C)C. The van der Waals surface area contributed by atoms with Crippen molar-refractivity contribution < 1.29 is 18.8 Å². The summed E-state index contributed by atoms with van der Waals surface area (Å²) in [4.78, 5) is 11.2. The Labute approximate surface area is 124 Å². The fraction of sp³-hybridized carbons (Fsp3) is 0.769. The maximum atomic E-state index is 11.2. The Balaban J connectivity index is 3.94. The zero-order valence-corrected chi connectivity index (χ0v) is 15.6. The molecule has 7 heteroatoms. The molecule has 0 aliphatic heterocycles. The van der Waals surface area contributed by atoms with Gasteiger partial charge in [-0.3, -0.25) is 0 Å². The monoisotopic (exact) mass is 319 g/mol. The van der Waals surface area contributed by atoms with Gasteiger partial charge in [0.15, 0.2) is 16.6 Å². The Kier molecular flexibility index (Phi) is 7.89. The molecule has 0 aromatic rings. The largest absolute Gasteiger partial charge is 0.460 e. The van der Waals surface area contributed by atoms with Crippen molar-refractivity contribution in [2.24, 2.45) is 0 Å². The predicted octanol–water partition coefficient (Wildman–Crippen LogP) is 1.65. The molecule has 0 rings (SSSR count). The second-order valence-corrected chi connectivity index (χ2v) is 15.6. The van der Waals surface area contributed by atoms with Crippen molar-refractivity contribution in [2.75, 3.05) is 19.3 Å². The second-order valence-electron chi connectivity index (χ2n) is 6.64. The smallest absolute Gasteiger partial charge is 0.333 e. The van der Waals surface area contributed by atoms with Gasteiger partial charge >= 0.3 is 5.97 Å². The Morgan fingerprint density at radius 2 is 1.85 bits per heavy atom. The molecule has 0 aliphatic carbocycles. The summed E-state index contributed by atoms with van der Waals surface area (Å²) in [6.45, 7) is 16.3. The molecule has 0 radical (unpaired) electrons. The number of ether oxygens (including phenoxy) is 1. The Hall–Kier alpha value is -0.476. The van der Waals surface area contributed by atoms with Crippen molar-refractivity contribution in [3.8, 4) is 0 Å². The highest BCUT2D eigenvalue weighted by Crippen LogP contribution is 2.12. The highest BCUT2D eigenvalue weighted by Gasteiger charge is 2.29. The highest BCUT2D eigenvalue weighted by molar-refractivity contribution is 6.84. The van der Waals surface area contributed by atoms with Gasteiger partial charge in [0.25, 0.3) is 0 Å². The van der Waals surface area contributed by atoms with Crippen molar-refractivity contribution in [1.82, 2.24) is 5.32 Å². The standard InChI is InChI=1S/C13H29NO4Si2/c1-11(2)13(16)17-9-12(15)8-14-10-20(6,7)18-19(3,4)5/h12,14-15H,1,8-10H2,2-7H3. The van der Waals surface area contributed by atoms with Crippen LogP contribution in [0.2, 0.25) is 32.7 Å². The summed E-state index contributed by atoms with van der Waals surface area (Å²) in [6, 6.07) is 0. The molecule has 0 saturated carbocycles. The maximum Gasteiger partial charge on any atom is 0.333 e. The van der Waals surface area contributed by atoms with E-state index in [0.29, 0.717) is 12.1 Å². The average Bonchev–Trinajstić information content (AvgIpc) is 2.21. The highest BCUT2D eigenvalue weighted by atomic mass is 28.4. The molecular formula is C13H29NO4Si2. The van der Waals surface area contributed by atoms with Crippen LogP contribution in [-0.2, 0) is 13.6 Å². The molecule has 1 unspecified atom stereocenters. The summed E-state index contributed by atoms with van der Waals surface area (Å²) in [7, 11) is -3.28. The number of carbonyl (C=O) groups is 1. The minimum Gasteiger partial charge on any atom is -0.460 e. The first kappa shape index (κ1) is 19.5. The summed E-state index contributed by atoms with van der Waals surface area (Å²) >= 11 is 0. The lowest BCUT2D eigenvalue weighted by Crippen LogP contribution is -2.50. The number of aliphatic hydroxyl groups excluding tert-OH is 1. The Bertz CT molecular complexity index is 340. The minimum atomic E-state index is -1.75. The number of hydrogen-bond donors (Lipinski definition) is 2. The molecule has 0 aromatic carbocycles. The second kappa shape index (κ2) is 8.09. The zero-order valence-electron chi connectivity index (χ0n) is 13.6. The number of nitrogens with one attached hydrogen (secondary N) is 1. The summed E-state index contributed by atoms with van der Waals surface area (Å²) < 4.78 is 11.1. The lowest BCUT2D eigenvalue weighted by molar-refractivity contribution is -0.141. The molecule has 0 aromatic heterocycles. The van der Waals surface area contributed by atoms with Crippen LogP contribution in [-0.4, -0.2) is 53.1 Å². The van der Waals surface area contributed by atoms with E-state index in [1.807, 2.05) is 0 Å². The first-order valence-electron chi connectivity index (χ1n) is 6.84. The van der Waals surface area contributed by atoms with Crippen molar-refractivity contribution in [2.45, 2.75) is 45.8 Å². The molecular weight excluding hydrogens is 290 g/mol. The molecule has 2 N–H and O–H groups in total. The molecule has 5 nitrogen and oxygen atoms in total. The number of carbonyl (C=O) groups excluding carboxylic acids is 1. The average molecular weight is 320 g/mol. The van der Waals surface area contributed by atoms with Crippen LogP contribution in [0.25, 0.3) is 0 Å². The Morgan fingerprint density at radius 3 is 2.30 bits per heavy atom. The van der Waals surface area contributed by atoms with E-state index < -0.39 is 28.7 Å². The number of aliphatic hydroxyl groups is 1. The summed E-state index contributed by atoms with van der Waals surface area (Å²) in [5.41, 5.74) is 0.335. The van der Waals surface area contributed by atoms with Crippen molar-refractivity contribution in [1.29, 1.82) is 0 Å². The molecule has 118 valence electrons. The summed E-state index contributed by atoms with van der Waals surface area (Å²) in [5, 5.41) is 12.9. The lowest BCUT2D eigenvalue weighted by atomic mass is 10.3. The predicted molar refractivity (Wildman–Crippen MR) is 86.6 cm³/mol. The quantitative estimate of drug-likeness (QED) is 0.384. The van der Waals surface area contributed by atoms with E-state index in [2.05, 4.69) is 44.6 Å². The molecule has 0 fully saturated rings. The van der Waals surface area contributed by atoms with Gasteiger partial charge in [-0.05, 0) is 39.7 Å². The van der Waals surface area contributed by atoms with E-state index in [-0.39, 0.29) is 6.61 Å². The van der Waals surface area contributed by atoms with Gasteiger partial charge in [0, 0.05) is 18.3 Å². The van der Waals surface area contributed by atoms with Gasteiger partial charge in [-0.15, -0.1) is 0 Å². The van der Waals surface area contributed by atoms with Crippen LogP contribution in [0.15, 0.2) is 12.2 Å². The number of rotatable bonds is 9. The van der Waals surface area contributed by atoms with Crippen LogP contribution < -0.4 is 5.32 Å². The first-order chi connectivity index (χ1) is 8.93. The van der Waals surface area contributed by atoms with Crippen LogP contribution in [0.3, 0.4) is 0 Å². The van der Waals surface area contributed by atoms with E-state index in [4.69, 9.17) is 8.85 Å². The van der Waals surface area contributed by atoms with Crippen LogP contribution in [0.5, 0.6) is 0 Å². The third-order valence-corrected chi connectivity index (χ3v) is 8.03. The van der Waals surface area contributed by atoms with Gasteiger partial charge in [-0.25, -0.2) is 4.79 Å². The molecule has 0 spiro atoms. The molecule has 20 heavy (non-hydrogen) atoms. The molecule has 0 bridgehead atoms. The molecule has 0 heterocycles. The first-order valence-corrected chi connectivity index (χ1v) is 13.4. The normalized spacial score (nSPS) is 13.9. The lowest BCUT2D eigenvalue weighted by Gasteiger charge is -2.31. The van der Waals surface area contributed by atoms with E-state index in [1.54, 1.807) is 6.92 Å². The Morgan fingerprint density at radius 1 is 1.30 bits per heavy atom. The van der Waals surface area contributed by atoms with E-state index in [1.165, 1.54) is 0 Å². The van der Waals surface area contributed by atoms with Gasteiger partial charge in [-0.2, -0.15) is 0 Å². The van der Waals surface area contributed by atoms with Crippen LogP contribution >= 0.6 is 0 Å². The van der Waals surface area contributed by atoms with E-state index in [0.717, 1.165) is 6.17 Å². The summed E-state index contributed by atoms with van der Waals surface area (Å²) in [6.07, 6.45) is 0.0536. The third-order valence-electron chi connectivity index (χ3n) is 2.27. The van der Waals surface area contributed by atoms with Gasteiger partial charge in [0.2, 0.25) is 0 Å². The third kappa shape index (κ3) is 10.3. The number of esters is 1.